The van der Waals surface area contributed by atoms with Crippen LogP contribution in [0.3, 0.4) is 0 Å². The van der Waals surface area contributed by atoms with Crippen molar-refractivity contribution in [1.29, 1.82) is 0 Å². The first-order valence-electron chi connectivity index (χ1n) is 6.98. The molecule has 0 spiro atoms. The van der Waals surface area contributed by atoms with Gasteiger partial charge in [0.25, 0.3) is 5.91 Å². The standard InChI is InChI=1S/C14H20N4O3/c15-9-12-8-11(2-3-16-12)14(21)18-5-1-4-17(6-7-18)10-13(19)20/h2-3,8H,1,4-7,9-10,15H2,(H,19,20). The Balaban J connectivity index is 2.01. The summed E-state index contributed by atoms with van der Waals surface area (Å²) in [4.78, 5) is 30.9. The number of amides is 1. The van der Waals surface area contributed by atoms with Crippen molar-refractivity contribution in [2.75, 3.05) is 32.7 Å². The van der Waals surface area contributed by atoms with Crippen LogP contribution >= 0.6 is 0 Å². The number of aromatic nitrogens is 1. The fraction of sp³-hybridized carbons (Fsp3) is 0.500. The summed E-state index contributed by atoms with van der Waals surface area (Å²) in [6.07, 6.45) is 2.36. The Morgan fingerprint density at radius 3 is 2.81 bits per heavy atom. The molecule has 1 aliphatic rings. The van der Waals surface area contributed by atoms with Gasteiger partial charge in [-0.2, -0.15) is 0 Å². The average Bonchev–Trinajstić information content (AvgIpc) is 2.71. The highest BCUT2D eigenvalue weighted by atomic mass is 16.4. The van der Waals surface area contributed by atoms with Crippen LogP contribution in [0.5, 0.6) is 0 Å². The Labute approximate surface area is 123 Å². The molecule has 7 nitrogen and oxygen atoms in total. The molecule has 0 saturated carbocycles. The molecule has 1 aliphatic heterocycles. The third kappa shape index (κ3) is 4.24. The highest BCUT2D eigenvalue weighted by molar-refractivity contribution is 5.94. The number of hydrogen-bond donors (Lipinski definition) is 2. The molecule has 7 heteroatoms. The number of rotatable bonds is 4. The summed E-state index contributed by atoms with van der Waals surface area (Å²) in [5, 5.41) is 8.83. The number of nitrogens with two attached hydrogens (primary N) is 1. The summed E-state index contributed by atoms with van der Waals surface area (Å²) in [7, 11) is 0. The van der Waals surface area contributed by atoms with Crippen LogP contribution in [-0.4, -0.2) is 64.5 Å². The summed E-state index contributed by atoms with van der Waals surface area (Å²) >= 11 is 0. The molecule has 1 amide bonds. The van der Waals surface area contributed by atoms with Crippen LogP contribution in [0.15, 0.2) is 18.3 Å². The predicted molar refractivity (Wildman–Crippen MR) is 76.7 cm³/mol. The van der Waals surface area contributed by atoms with Crippen molar-refractivity contribution in [1.82, 2.24) is 14.8 Å². The predicted octanol–water partition coefficient (Wildman–Crippen LogP) is -0.227. The van der Waals surface area contributed by atoms with Gasteiger partial charge < -0.3 is 15.7 Å². The zero-order valence-corrected chi connectivity index (χ0v) is 11.9. The van der Waals surface area contributed by atoms with Gasteiger partial charge in [-0.1, -0.05) is 0 Å². The molecule has 1 saturated heterocycles. The zero-order valence-electron chi connectivity index (χ0n) is 11.9. The number of nitrogens with zero attached hydrogens (tertiary/aromatic N) is 3. The number of hydrogen-bond acceptors (Lipinski definition) is 5. The lowest BCUT2D eigenvalue weighted by Gasteiger charge is -2.21. The monoisotopic (exact) mass is 292 g/mol. The van der Waals surface area contributed by atoms with Crippen LogP contribution in [0.2, 0.25) is 0 Å². The van der Waals surface area contributed by atoms with Crippen LogP contribution in [0.4, 0.5) is 0 Å². The van der Waals surface area contributed by atoms with Gasteiger partial charge >= 0.3 is 5.97 Å². The minimum Gasteiger partial charge on any atom is -0.480 e. The molecule has 2 rings (SSSR count). The van der Waals surface area contributed by atoms with E-state index in [2.05, 4.69) is 4.98 Å². The molecule has 1 aromatic rings. The van der Waals surface area contributed by atoms with Crippen LogP contribution in [0.25, 0.3) is 0 Å². The van der Waals surface area contributed by atoms with E-state index >= 15 is 0 Å². The van der Waals surface area contributed by atoms with Crippen LogP contribution < -0.4 is 5.73 Å². The van der Waals surface area contributed by atoms with Gasteiger partial charge in [0.05, 0.1) is 12.2 Å². The van der Waals surface area contributed by atoms with Crippen molar-refractivity contribution in [3.05, 3.63) is 29.6 Å². The second kappa shape index (κ2) is 7.14. The van der Waals surface area contributed by atoms with Crippen LogP contribution in [0.1, 0.15) is 22.5 Å². The van der Waals surface area contributed by atoms with E-state index in [1.54, 1.807) is 23.2 Å². The van der Waals surface area contributed by atoms with Gasteiger partial charge in [0.1, 0.15) is 0 Å². The highest BCUT2D eigenvalue weighted by Crippen LogP contribution is 2.10. The Morgan fingerprint density at radius 2 is 2.10 bits per heavy atom. The van der Waals surface area contributed by atoms with Crippen molar-refractivity contribution < 1.29 is 14.7 Å². The van der Waals surface area contributed by atoms with Gasteiger partial charge in [-0.25, -0.2) is 0 Å². The number of carbonyl (C=O) groups is 2. The summed E-state index contributed by atoms with van der Waals surface area (Å²) in [6.45, 7) is 2.76. The fourth-order valence-electron chi connectivity index (χ4n) is 2.43. The van der Waals surface area contributed by atoms with Crippen molar-refractivity contribution in [3.63, 3.8) is 0 Å². The minimum atomic E-state index is -0.837. The Morgan fingerprint density at radius 1 is 1.29 bits per heavy atom. The molecule has 2 heterocycles. The third-order valence-corrected chi connectivity index (χ3v) is 3.51. The summed E-state index contributed by atoms with van der Waals surface area (Å²) in [6, 6.07) is 3.39. The topological polar surface area (TPSA) is 99.8 Å². The second-order valence-electron chi connectivity index (χ2n) is 5.06. The van der Waals surface area contributed by atoms with Gasteiger partial charge in [-0.15, -0.1) is 0 Å². The number of carbonyl (C=O) groups excluding carboxylic acids is 1. The van der Waals surface area contributed by atoms with E-state index < -0.39 is 5.97 Å². The molecule has 0 aromatic carbocycles. The minimum absolute atomic E-state index is 0.0224. The van der Waals surface area contributed by atoms with E-state index in [0.29, 0.717) is 44.0 Å². The highest BCUT2D eigenvalue weighted by Gasteiger charge is 2.21. The Hall–Kier alpha value is -1.99. The molecule has 21 heavy (non-hydrogen) atoms. The largest absolute Gasteiger partial charge is 0.480 e. The zero-order chi connectivity index (χ0) is 15.2. The second-order valence-corrected chi connectivity index (χ2v) is 5.06. The van der Waals surface area contributed by atoms with E-state index in [0.717, 1.165) is 6.42 Å². The molecule has 114 valence electrons. The fourth-order valence-corrected chi connectivity index (χ4v) is 2.43. The van der Waals surface area contributed by atoms with E-state index in [1.807, 2.05) is 4.90 Å². The van der Waals surface area contributed by atoms with Gasteiger partial charge in [-0.3, -0.25) is 19.5 Å². The maximum absolute atomic E-state index is 12.5. The van der Waals surface area contributed by atoms with Crippen molar-refractivity contribution in [2.24, 2.45) is 5.73 Å². The number of carboxylic acid groups (broad SMARTS) is 1. The van der Waals surface area contributed by atoms with Crippen LogP contribution in [0, 0.1) is 0 Å². The number of aliphatic carboxylic acids is 1. The molecular formula is C14H20N4O3. The first-order chi connectivity index (χ1) is 10.1. The third-order valence-electron chi connectivity index (χ3n) is 3.51. The molecule has 0 aliphatic carbocycles. The van der Waals surface area contributed by atoms with E-state index in [4.69, 9.17) is 10.8 Å². The summed E-state index contributed by atoms with van der Waals surface area (Å²) in [5.74, 6) is -0.888. The molecule has 1 aromatic heterocycles. The number of carboxylic acids is 1. The van der Waals surface area contributed by atoms with Crippen molar-refractivity contribution >= 4 is 11.9 Å². The van der Waals surface area contributed by atoms with E-state index in [9.17, 15) is 9.59 Å². The SMILES string of the molecule is NCc1cc(C(=O)N2CCCN(CC(=O)O)CC2)ccn1. The maximum Gasteiger partial charge on any atom is 0.317 e. The average molecular weight is 292 g/mol. The Kier molecular flexibility index (Phi) is 5.24. The van der Waals surface area contributed by atoms with Gasteiger partial charge in [0.15, 0.2) is 0 Å². The first-order valence-corrected chi connectivity index (χ1v) is 6.98. The molecule has 3 N–H and O–H groups in total. The van der Waals surface area contributed by atoms with Gasteiger partial charge in [0.2, 0.25) is 0 Å². The molecule has 0 atom stereocenters. The number of pyridine rings is 1. The molecule has 1 fully saturated rings. The van der Waals surface area contributed by atoms with Crippen molar-refractivity contribution in [2.45, 2.75) is 13.0 Å². The lowest BCUT2D eigenvalue weighted by Crippen LogP contribution is -2.36. The lowest BCUT2D eigenvalue weighted by molar-refractivity contribution is -0.138. The molecule has 0 unspecified atom stereocenters. The summed E-state index contributed by atoms with van der Waals surface area (Å²) < 4.78 is 0. The summed E-state index contributed by atoms with van der Waals surface area (Å²) in [5.41, 5.74) is 6.80. The van der Waals surface area contributed by atoms with Crippen LogP contribution in [-0.2, 0) is 11.3 Å². The van der Waals surface area contributed by atoms with Crippen molar-refractivity contribution in [3.8, 4) is 0 Å². The molecule has 0 radical (unpaired) electrons. The van der Waals surface area contributed by atoms with E-state index in [-0.39, 0.29) is 12.5 Å². The van der Waals surface area contributed by atoms with E-state index in [1.165, 1.54) is 0 Å². The Bertz CT molecular complexity index is 521. The normalized spacial score (nSPS) is 16.5. The molecule has 0 bridgehead atoms. The maximum atomic E-state index is 12.5. The quantitative estimate of drug-likeness (QED) is 0.795. The smallest absolute Gasteiger partial charge is 0.317 e. The van der Waals surface area contributed by atoms with Gasteiger partial charge in [0, 0.05) is 44.5 Å². The first kappa shape index (κ1) is 15.4. The molecular weight excluding hydrogens is 272 g/mol. The lowest BCUT2D eigenvalue weighted by atomic mass is 10.2. The van der Waals surface area contributed by atoms with Gasteiger partial charge in [-0.05, 0) is 18.6 Å².